The number of halogens is 1. The highest BCUT2D eigenvalue weighted by atomic mass is 19.1. The van der Waals surface area contributed by atoms with E-state index in [4.69, 9.17) is 0 Å². The fraction of sp³-hybridized carbons (Fsp3) is 0.188. The summed E-state index contributed by atoms with van der Waals surface area (Å²) in [6.45, 7) is 0. The van der Waals surface area contributed by atoms with Gasteiger partial charge in [-0.15, -0.1) is 0 Å². The van der Waals surface area contributed by atoms with Gasteiger partial charge in [-0.3, -0.25) is 4.98 Å². The molecule has 0 saturated heterocycles. The molecular weight excluding hydrogens is 225 g/mol. The molecule has 1 aromatic heterocycles. The van der Waals surface area contributed by atoms with Gasteiger partial charge in [-0.25, -0.2) is 4.39 Å². The minimum Gasteiger partial charge on any atom is -0.264 e. The van der Waals surface area contributed by atoms with Gasteiger partial charge < -0.3 is 0 Å². The Labute approximate surface area is 106 Å². The van der Waals surface area contributed by atoms with Crippen LogP contribution in [-0.2, 0) is 6.42 Å². The van der Waals surface area contributed by atoms with Crippen LogP contribution in [0, 0.1) is 5.82 Å². The average Bonchev–Trinajstić information content (AvgIpc) is 2.41. The molecule has 0 aliphatic heterocycles. The first kappa shape index (κ1) is 11.1. The summed E-state index contributed by atoms with van der Waals surface area (Å²) in [6, 6.07) is 9.04. The quantitative estimate of drug-likeness (QED) is 0.730. The first-order valence-corrected chi connectivity index (χ1v) is 6.22. The summed E-state index contributed by atoms with van der Waals surface area (Å²) in [5, 5.41) is 0. The number of fused-ring (bicyclic) bond motifs is 1. The minimum atomic E-state index is -0.160. The topological polar surface area (TPSA) is 12.9 Å². The van der Waals surface area contributed by atoms with E-state index in [2.05, 4.69) is 11.1 Å². The first-order valence-electron chi connectivity index (χ1n) is 6.22. The molecule has 0 bridgehead atoms. The molecular formula is C16H14FN. The van der Waals surface area contributed by atoms with E-state index in [1.54, 1.807) is 18.3 Å². The van der Waals surface area contributed by atoms with E-state index in [1.807, 2.05) is 24.4 Å². The number of nitrogens with zero attached hydrogens (tertiary/aromatic N) is 1. The molecule has 0 amide bonds. The number of pyridine rings is 1. The van der Waals surface area contributed by atoms with E-state index >= 15 is 0 Å². The second kappa shape index (κ2) is 4.73. The summed E-state index contributed by atoms with van der Waals surface area (Å²) in [7, 11) is 0. The normalized spacial score (nSPS) is 16.6. The molecule has 1 aromatic carbocycles. The van der Waals surface area contributed by atoms with Crippen LogP contribution in [0.5, 0.6) is 0 Å². The van der Waals surface area contributed by atoms with Gasteiger partial charge in [-0.1, -0.05) is 12.1 Å². The van der Waals surface area contributed by atoms with Crippen molar-refractivity contribution in [1.29, 1.82) is 0 Å². The van der Waals surface area contributed by atoms with Crippen LogP contribution in [0.3, 0.4) is 0 Å². The maximum Gasteiger partial charge on any atom is 0.123 e. The molecule has 90 valence electrons. The SMILES string of the molecule is Fc1ccc2c(c1)/C(=C\c1cccnc1)CCC2. The summed E-state index contributed by atoms with van der Waals surface area (Å²) in [5.74, 6) is -0.160. The Kier molecular flexibility index (Phi) is 2.93. The number of allylic oxidation sites excluding steroid dienone is 1. The van der Waals surface area contributed by atoms with Gasteiger partial charge in [0.1, 0.15) is 5.82 Å². The minimum absolute atomic E-state index is 0.160. The van der Waals surface area contributed by atoms with Crippen molar-refractivity contribution in [1.82, 2.24) is 4.98 Å². The lowest BCUT2D eigenvalue weighted by Crippen LogP contribution is -2.02. The molecule has 1 aliphatic rings. The number of hydrogen-bond acceptors (Lipinski definition) is 1. The van der Waals surface area contributed by atoms with E-state index in [9.17, 15) is 4.39 Å². The van der Waals surface area contributed by atoms with E-state index in [0.717, 1.165) is 30.4 Å². The van der Waals surface area contributed by atoms with Gasteiger partial charge in [0.05, 0.1) is 0 Å². The molecule has 1 aliphatic carbocycles. The summed E-state index contributed by atoms with van der Waals surface area (Å²) in [5.41, 5.74) is 4.59. The fourth-order valence-corrected chi connectivity index (χ4v) is 2.48. The molecule has 0 spiro atoms. The zero-order valence-electron chi connectivity index (χ0n) is 10.1. The van der Waals surface area contributed by atoms with E-state index < -0.39 is 0 Å². The second-order valence-corrected chi connectivity index (χ2v) is 4.61. The van der Waals surface area contributed by atoms with Crippen LogP contribution in [0.1, 0.15) is 29.5 Å². The molecule has 3 rings (SSSR count). The molecule has 18 heavy (non-hydrogen) atoms. The molecule has 0 unspecified atom stereocenters. The van der Waals surface area contributed by atoms with E-state index in [0.29, 0.717) is 0 Å². The molecule has 1 heterocycles. The third-order valence-electron chi connectivity index (χ3n) is 3.34. The predicted molar refractivity (Wildman–Crippen MR) is 71.4 cm³/mol. The Morgan fingerprint density at radius 3 is 2.94 bits per heavy atom. The second-order valence-electron chi connectivity index (χ2n) is 4.61. The summed E-state index contributed by atoms with van der Waals surface area (Å²) in [6.07, 6.45) is 8.89. The lowest BCUT2D eigenvalue weighted by Gasteiger charge is -2.19. The molecule has 2 heteroatoms. The average molecular weight is 239 g/mol. The standard InChI is InChI=1S/C16H14FN/c17-15-7-6-13-4-1-5-14(16(13)10-15)9-12-3-2-8-18-11-12/h2-3,6-11H,1,4-5H2/b14-9-. The third kappa shape index (κ3) is 2.19. The van der Waals surface area contributed by atoms with Crippen LogP contribution in [0.15, 0.2) is 42.7 Å². The highest BCUT2D eigenvalue weighted by Crippen LogP contribution is 2.32. The molecule has 1 nitrogen and oxygen atoms in total. The van der Waals surface area contributed by atoms with Gasteiger partial charge >= 0.3 is 0 Å². The van der Waals surface area contributed by atoms with Crippen LogP contribution in [0.4, 0.5) is 4.39 Å². The summed E-state index contributed by atoms with van der Waals surface area (Å²) >= 11 is 0. The molecule has 0 fully saturated rings. The van der Waals surface area contributed by atoms with Crippen molar-refractivity contribution in [2.75, 3.05) is 0 Å². The van der Waals surface area contributed by atoms with Crippen molar-refractivity contribution in [2.24, 2.45) is 0 Å². The third-order valence-corrected chi connectivity index (χ3v) is 3.34. The maximum atomic E-state index is 13.4. The van der Waals surface area contributed by atoms with Gasteiger partial charge in [0.25, 0.3) is 0 Å². The van der Waals surface area contributed by atoms with Crippen LogP contribution in [-0.4, -0.2) is 4.98 Å². The van der Waals surface area contributed by atoms with Crippen molar-refractivity contribution in [3.8, 4) is 0 Å². The van der Waals surface area contributed by atoms with Crippen molar-refractivity contribution in [2.45, 2.75) is 19.3 Å². The van der Waals surface area contributed by atoms with Crippen molar-refractivity contribution < 1.29 is 4.39 Å². The first-order chi connectivity index (χ1) is 8.83. The van der Waals surface area contributed by atoms with Crippen LogP contribution >= 0.6 is 0 Å². The Bertz CT molecular complexity index is 587. The zero-order valence-corrected chi connectivity index (χ0v) is 10.1. The Hall–Kier alpha value is -1.96. The van der Waals surface area contributed by atoms with Crippen LogP contribution in [0.2, 0.25) is 0 Å². The molecule has 0 N–H and O–H groups in total. The van der Waals surface area contributed by atoms with Gasteiger partial charge in [-0.2, -0.15) is 0 Å². The van der Waals surface area contributed by atoms with Crippen LogP contribution in [0.25, 0.3) is 11.6 Å². The lowest BCUT2D eigenvalue weighted by atomic mass is 9.86. The van der Waals surface area contributed by atoms with Gasteiger partial charge in [-0.05, 0) is 65.8 Å². The Balaban J connectivity index is 2.06. The van der Waals surface area contributed by atoms with Crippen molar-refractivity contribution in [3.05, 3.63) is 65.2 Å². The molecule has 0 radical (unpaired) electrons. The van der Waals surface area contributed by atoms with Gasteiger partial charge in [0.15, 0.2) is 0 Å². The molecule has 2 aromatic rings. The highest BCUT2D eigenvalue weighted by molar-refractivity contribution is 5.83. The number of aromatic nitrogens is 1. The maximum absolute atomic E-state index is 13.4. The number of hydrogen-bond donors (Lipinski definition) is 0. The zero-order chi connectivity index (χ0) is 12.4. The monoisotopic (exact) mass is 239 g/mol. The molecule has 0 saturated carbocycles. The largest absolute Gasteiger partial charge is 0.264 e. The fourth-order valence-electron chi connectivity index (χ4n) is 2.48. The highest BCUT2D eigenvalue weighted by Gasteiger charge is 2.14. The van der Waals surface area contributed by atoms with E-state index in [1.165, 1.54) is 11.1 Å². The van der Waals surface area contributed by atoms with Crippen molar-refractivity contribution in [3.63, 3.8) is 0 Å². The number of rotatable bonds is 1. The molecule has 0 atom stereocenters. The van der Waals surface area contributed by atoms with Crippen LogP contribution < -0.4 is 0 Å². The summed E-state index contributed by atoms with van der Waals surface area (Å²) in [4.78, 5) is 4.11. The Morgan fingerprint density at radius 1 is 1.17 bits per heavy atom. The lowest BCUT2D eigenvalue weighted by molar-refractivity contribution is 0.625. The predicted octanol–water partition coefficient (Wildman–Crippen LogP) is 4.10. The number of benzene rings is 1. The van der Waals surface area contributed by atoms with Gasteiger partial charge in [0.2, 0.25) is 0 Å². The van der Waals surface area contributed by atoms with Crippen molar-refractivity contribution >= 4 is 11.6 Å². The Morgan fingerprint density at radius 2 is 2.11 bits per heavy atom. The van der Waals surface area contributed by atoms with E-state index in [-0.39, 0.29) is 5.82 Å². The van der Waals surface area contributed by atoms with Gasteiger partial charge in [0, 0.05) is 12.4 Å². The smallest absolute Gasteiger partial charge is 0.123 e. The summed E-state index contributed by atoms with van der Waals surface area (Å²) < 4.78 is 13.4. The number of aryl methyl sites for hydroxylation is 1.